The molecular formula is C93H131N21O24. The molecule has 2 aromatic heterocycles. The number of aliphatic hydroxyl groups excluding tert-OH is 1. The molecule has 45 heteroatoms. The predicted molar refractivity (Wildman–Crippen MR) is 498 cm³/mol. The number of aldehydes is 1. The highest BCUT2D eigenvalue weighted by atomic mass is 16.4. The lowest BCUT2D eigenvalue weighted by Crippen LogP contribution is -2.67. The highest BCUT2D eigenvalue weighted by Crippen LogP contribution is 2.32. The van der Waals surface area contributed by atoms with Gasteiger partial charge < -0.3 is 125 Å². The fourth-order valence-corrected chi connectivity index (χ4v) is 17.4. The lowest BCUT2D eigenvalue weighted by Gasteiger charge is -2.39. The van der Waals surface area contributed by atoms with Gasteiger partial charge in [-0.2, -0.15) is 0 Å². The van der Waals surface area contributed by atoms with E-state index in [1.807, 2.05) is 6.92 Å². The second kappa shape index (κ2) is 50.7. The molecule has 8 rings (SSSR count). The number of hydrogen-bond donors (Lipinski definition) is 19. The average molecular weight is 1930 g/mol. The van der Waals surface area contributed by atoms with E-state index in [1.54, 1.807) is 83.1 Å². The number of carboxylic acids is 2. The van der Waals surface area contributed by atoms with E-state index in [2.05, 4.69) is 63.5 Å². The van der Waals surface area contributed by atoms with Crippen molar-refractivity contribution in [2.75, 3.05) is 53.9 Å². The number of carboxylic acid groups (broad SMARTS) is 2. The number of likely N-dealkylation sites (N-methyl/N-ethyl adjacent to an activating group) is 3. The predicted octanol–water partition coefficient (Wildman–Crippen LogP) is -2.95. The maximum Gasteiger partial charge on any atom is 0.323 e. The van der Waals surface area contributed by atoms with E-state index in [4.69, 9.17) is 17.2 Å². The van der Waals surface area contributed by atoms with Gasteiger partial charge in [0.2, 0.25) is 100 Å². The van der Waals surface area contributed by atoms with Crippen molar-refractivity contribution < 1.29 is 116 Å². The van der Waals surface area contributed by atoms with Gasteiger partial charge in [0.1, 0.15) is 84.8 Å². The first kappa shape index (κ1) is 109. The van der Waals surface area contributed by atoms with Crippen LogP contribution in [0, 0.1) is 11.8 Å². The summed E-state index contributed by atoms with van der Waals surface area (Å²) < 4.78 is 1.38. The number of aromatic hydroxyl groups is 1. The SMILES string of the molecule is CCCC[C@H]1C(=O)N(C)[C@@H](CCCC)C(=O)N[C@@H](CC(C)C)C(=O)N[C@H](C(=O)NCC(N)=O)CNCC(=O)N[C@@H](Cc2ccc(O)cc2)C(=O)N(C)[C@@H](C)C(=O)N[C@@H](CC(=O)O)C(=O)N2CCC[C@H]2C(=O)N[C@@H](CCC(N)=O)C(=O)N[C@@H](CC(C)C)C(=O)N2C[C@H](O)CC2(C=O)N[C@@H](Cc2c[nH]c3ccccc23)C(=O)N[C@@H](CC(N)=O)C(=O)N[C@@H](Cc2cn(CC(=O)O)c3ccccc23)C(=O)N1C. The molecule has 3 saturated heterocycles. The number of nitrogens with zero attached hydrogens (tertiary/aromatic N) is 6. The van der Waals surface area contributed by atoms with Crippen molar-refractivity contribution in [3.05, 3.63) is 102 Å². The molecule has 0 spiro atoms. The highest BCUT2D eigenvalue weighted by Gasteiger charge is 2.53. The molecule has 1 unspecified atom stereocenters. The normalized spacial score (nSPS) is 25.0. The van der Waals surface area contributed by atoms with Crippen LogP contribution in [0.2, 0.25) is 0 Å². The van der Waals surface area contributed by atoms with Gasteiger partial charge in [0.05, 0.1) is 38.1 Å². The number of nitrogens with one attached hydrogen (secondary N) is 12. The van der Waals surface area contributed by atoms with Crippen LogP contribution in [0.4, 0.5) is 0 Å². The van der Waals surface area contributed by atoms with Crippen LogP contribution in [0.5, 0.6) is 5.75 Å². The first-order valence-corrected chi connectivity index (χ1v) is 46.2. The van der Waals surface area contributed by atoms with Gasteiger partial charge in [0.15, 0.2) is 11.9 Å². The Labute approximate surface area is 797 Å². The molecule has 22 N–H and O–H groups in total. The quantitative estimate of drug-likeness (QED) is 0.0213. The number of nitrogens with two attached hydrogens (primary N) is 3. The van der Waals surface area contributed by atoms with E-state index in [1.165, 1.54) is 62.2 Å². The Morgan fingerprint density at radius 3 is 1.75 bits per heavy atom. The van der Waals surface area contributed by atoms with Gasteiger partial charge in [-0.05, 0) is 111 Å². The Kier molecular flexibility index (Phi) is 40.2. The molecule has 0 aliphatic carbocycles. The molecule has 3 aromatic carbocycles. The lowest BCUT2D eigenvalue weighted by molar-refractivity contribution is -0.149. The molecule has 3 aliphatic heterocycles. The molecule has 5 heterocycles. The minimum atomic E-state index is -2.43. The molecular weight excluding hydrogens is 1800 g/mol. The van der Waals surface area contributed by atoms with E-state index in [0.29, 0.717) is 52.2 Å². The maximum absolute atomic E-state index is 16.0. The monoisotopic (exact) mass is 1930 g/mol. The minimum Gasteiger partial charge on any atom is -0.508 e. The molecule has 45 nitrogen and oxygen atoms in total. The average Bonchev–Trinajstić information content (AvgIpc) is 1.58. The van der Waals surface area contributed by atoms with Crippen LogP contribution < -0.4 is 75.7 Å². The van der Waals surface area contributed by atoms with Gasteiger partial charge in [-0.15, -0.1) is 0 Å². The number of para-hydroxylation sites is 2. The number of aliphatic hydroxyl groups is 1. The number of phenols is 1. The first-order chi connectivity index (χ1) is 65.3. The van der Waals surface area contributed by atoms with E-state index in [0.717, 1.165) is 31.5 Å². The zero-order chi connectivity index (χ0) is 102. The van der Waals surface area contributed by atoms with Crippen molar-refractivity contribution in [3.8, 4) is 5.75 Å². The number of aliphatic carboxylic acids is 2. The van der Waals surface area contributed by atoms with E-state index >= 15 is 33.6 Å². The third-order valence-electron chi connectivity index (χ3n) is 24.7. The Bertz CT molecular complexity index is 5270. The van der Waals surface area contributed by atoms with Gasteiger partial charge in [0, 0.05) is 101 Å². The van der Waals surface area contributed by atoms with Crippen molar-refractivity contribution in [1.29, 1.82) is 0 Å². The number of carbonyl (C=O) groups excluding carboxylic acids is 18. The van der Waals surface area contributed by atoms with Crippen molar-refractivity contribution in [2.24, 2.45) is 29.0 Å². The number of hydrogen-bond acceptors (Lipinski definition) is 24. The van der Waals surface area contributed by atoms with Crippen LogP contribution in [-0.2, 0) is 122 Å². The van der Waals surface area contributed by atoms with E-state index in [-0.39, 0.29) is 81.4 Å². The van der Waals surface area contributed by atoms with Gasteiger partial charge in [-0.25, -0.2) is 0 Å². The fraction of sp³-hybridized carbons (Fsp3) is 0.548. The molecule has 3 fully saturated rings. The second-order valence-corrected chi connectivity index (χ2v) is 36.3. The van der Waals surface area contributed by atoms with Gasteiger partial charge >= 0.3 is 11.9 Å². The summed E-state index contributed by atoms with van der Waals surface area (Å²) in [7, 11) is 3.74. The van der Waals surface area contributed by atoms with E-state index in [9.17, 15) is 82.8 Å². The molecule has 138 heavy (non-hydrogen) atoms. The standard InChI is InChI=1S/C93H131N21O24/c1-11-13-23-71-86(132)103-62(34-50(3)4)83(129)107-69(81(127)99-44-76(96)120)43-97-45-77(121)100-66(36-53-27-29-56(116)30-28-53)88(134)109(8)52(7)80(126)104-68(40-78(122)123)90(136)113-33-19-26-72(113)87(133)101-61(31-32-74(94)118)82(128)105-65(35-51(5)6)91(137)114-47-57(117)41-93(114,49-115)108-64(37-54-42-98-60-22-17-15-20-58(54)60)85(131)102-63(39-75(95)119)84(130)106-67(89(135)111(10)73(24-14-12-2)92(138)110(71)9)38-55-46-112(48-79(124)125)70-25-18-16-21-59(55)70/h15-18,20-22,25,27-30,42,46,49-52,57,61-69,71-73,97-98,108,116-117H,11-14,19,23-24,26,31-41,43-45,47-48H2,1-10H3,(H2,94,118)(H2,95,119)(H2,96,120)(H,99,127)(H,100,121)(H,101,133)(H,102,131)(H,103,132)(H,104,126)(H,105,128)(H,106,130)(H,107,129)(H,122,123)(H,124,125)/t52-,57+,61-,62-,63-,64-,65-,66-,67-,68-,69-,71-,72-,73-,93?/m0/s1. The van der Waals surface area contributed by atoms with Crippen molar-refractivity contribution >= 4 is 140 Å². The number of rotatable bonds is 29. The summed E-state index contributed by atoms with van der Waals surface area (Å²) in [4.78, 5) is 297. The molecule has 5 aromatic rings. The van der Waals surface area contributed by atoms with Gasteiger partial charge in [0.25, 0.3) is 0 Å². The number of carbonyl (C=O) groups is 20. The molecule has 0 saturated carbocycles. The number of phenolic OH excluding ortho intramolecular Hbond substituents is 1. The number of aromatic nitrogens is 2. The Morgan fingerprint density at radius 2 is 1.12 bits per heavy atom. The molecule has 17 amide bonds. The topological polar surface area (TPSA) is 670 Å². The van der Waals surface area contributed by atoms with Gasteiger partial charge in [-0.3, -0.25) is 101 Å². The van der Waals surface area contributed by atoms with Crippen molar-refractivity contribution in [1.82, 2.24) is 92.5 Å². The number of unbranched alkanes of at least 4 members (excludes halogenated alkanes) is 2. The summed E-state index contributed by atoms with van der Waals surface area (Å²) in [5, 5.41) is 72.1. The minimum absolute atomic E-state index is 0.0481. The molecule has 3 aliphatic rings. The van der Waals surface area contributed by atoms with E-state index < -0.39 is 286 Å². The molecule has 0 radical (unpaired) electrons. The summed E-state index contributed by atoms with van der Waals surface area (Å²) in [5.41, 5.74) is 16.5. The third kappa shape index (κ3) is 30.0. The smallest absolute Gasteiger partial charge is 0.323 e. The maximum atomic E-state index is 16.0. The van der Waals surface area contributed by atoms with Crippen LogP contribution in [0.1, 0.15) is 161 Å². The lowest BCUT2D eigenvalue weighted by atomic mass is 9.98. The summed E-state index contributed by atoms with van der Waals surface area (Å²) in [6, 6.07) is -3.13. The second-order valence-electron chi connectivity index (χ2n) is 36.3. The van der Waals surface area contributed by atoms with Crippen LogP contribution in [-0.4, -0.2) is 317 Å². The zero-order valence-corrected chi connectivity index (χ0v) is 79.2. The fourth-order valence-electron chi connectivity index (χ4n) is 17.4. The number of benzene rings is 3. The summed E-state index contributed by atoms with van der Waals surface area (Å²) in [5.74, 6) is -21.6. The molecule has 752 valence electrons. The number of primary amides is 3. The number of aromatic amines is 1. The number of amides is 17. The molecule has 0 bridgehead atoms. The third-order valence-corrected chi connectivity index (χ3v) is 24.7. The van der Waals surface area contributed by atoms with Crippen LogP contribution in [0.25, 0.3) is 21.8 Å². The summed E-state index contributed by atoms with van der Waals surface area (Å²) in [6.07, 6.45) is -2.57. The largest absolute Gasteiger partial charge is 0.508 e. The van der Waals surface area contributed by atoms with Crippen molar-refractivity contribution in [3.63, 3.8) is 0 Å². The summed E-state index contributed by atoms with van der Waals surface area (Å²) >= 11 is 0. The first-order valence-electron chi connectivity index (χ1n) is 46.2. The van der Waals surface area contributed by atoms with Crippen LogP contribution >= 0.6 is 0 Å². The summed E-state index contributed by atoms with van der Waals surface area (Å²) in [6.45, 7) is 8.03. The van der Waals surface area contributed by atoms with Crippen LogP contribution in [0.3, 0.4) is 0 Å². The van der Waals surface area contributed by atoms with Crippen LogP contribution in [0.15, 0.2) is 85.2 Å². The Balaban J connectivity index is 1.25. The number of fused-ring (bicyclic) bond motifs is 4. The van der Waals surface area contributed by atoms with Gasteiger partial charge in [-0.1, -0.05) is 116 Å². The highest BCUT2D eigenvalue weighted by molar-refractivity contribution is 6.02. The zero-order valence-electron chi connectivity index (χ0n) is 79.2. The van der Waals surface area contributed by atoms with Crippen molar-refractivity contribution in [2.45, 2.75) is 261 Å². The number of H-pyrrole nitrogens is 1. The molecule has 15 atom stereocenters. The Hall–Kier alpha value is -14.0. The Morgan fingerprint density at radius 1 is 0.558 bits per heavy atom.